The van der Waals surface area contributed by atoms with Crippen LogP contribution in [0.25, 0.3) is 21.7 Å². The number of rotatable bonds is 2. The van der Waals surface area contributed by atoms with E-state index in [1.807, 2.05) is 48.5 Å². The van der Waals surface area contributed by atoms with Gasteiger partial charge in [-0.05, 0) is 24.3 Å². The fraction of sp³-hybridized carbons (Fsp3) is 0.143. The van der Waals surface area contributed by atoms with Crippen LogP contribution in [0.3, 0.4) is 0 Å². The van der Waals surface area contributed by atoms with Gasteiger partial charge in [0, 0.05) is 17.0 Å². The molecule has 1 atom stereocenters. The molecule has 2 aromatic carbocycles. The molecule has 27 heavy (non-hydrogen) atoms. The van der Waals surface area contributed by atoms with E-state index in [4.69, 9.17) is 19.3 Å². The molecule has 0 bridgehead atoms. The summed E-state index contributed by atoms with van der Waals surface area (Å²) in [7, 11) is 0. The summed E-state index contributed by atoms with van der Waals surface area (Å²) in [6.45, 7) is 0.781. The smallest absolute Gasteiger partial charge is 0.347 e. The maximum absolute atomic E-state index is 12.5. The lowest BCUT2D eigenvalue weighted by Crippen LogP contribution is -2.37. The third-order valence-electron chi connectivity index (χ3n) is 4.77. The van der Waals surface area contributed by atoms with E-state index in [1.54, 1.807) is 16.8 Å². The third-order valence-corrected chi connectivity index (χ3v) is 4.77. The molecule has 134 valence electrons. The van der Waals surface area contributed by atoms with Crippen molar-refractivity contribution in [1.29, 1.82) is 5.41 Å². The SMILES string of the molecule is N=c1c2c(=O)oc3ccccc3c2ccn1CC1COc2ccccc2O1. The Morgan fingerprint density at radius 3 is 2.67 bits per heavy atom. The van der Waals surface area contributed by atoms with E-state index in [9.17, 15) is 4.79 Å². The van der Waals surface area contributed by atoms with Crippen molar-refractivity contribution < 1.29 is 13.9 Å². The van der Waals surface area contributed by atoms with Crippen molar-refractivity contribution >= 4 is 21.7 Å². The summed E-state index contributed by atoms with van der Waals surface area (Å²) in [4.78, 5) is 12.5. The largest absolute Gasteiger partial charge is 0.486 e. The fourth-order valence-corrected chi connectivity index (χ4v) is 3.48. The van der Waals surface area contributed by atoms with Gasteiger partial charge >= 0.3 is 5.63 Å². The monoisotopic (exact) mass is 360 g/mol. The van der Waals surface area contributed by atoms with Gasteiger partial charge in [-0.15, -0.1) is 0 Å². The van der Waals surface area contributed by atoms with E-state index in [0.717, 1.165) is 11.1 Å². The minimum absolute atomic E-state index is 0.106. The molecule has 1 N–H and O–H groups in total. The minimum atomic E-state index is -0.505. The molecule has 0 aliphatic carbocycles. The van der Waals surface area contributed by atoms with Crippen LogP contribution in [0.2, 0.25) is 0 Å². The molecule has 0 spiro atoms. The number of para-hydroxylation sites is 3. The molecule has 0 amide bonds. The lowest BCUT2D eigenvalue weighted by atomic mass is 10.1. The van der Waals surface area contributed by atoms with Crippen LogP contribution < -0.4 is 20.6 Å². The number of ether oxygens (including phenoxy) is 2. The average Bonchev–Trinajstić information content (AvgIpc) is 2.69. The molecule has 6 nitrogen and oxygen atoms in total. The first-order chi connectivity index (χ1) is 13.2. The van der Waals surface area contributed by atoms with Crippen molar-refractivity contribution in [3.63, 3.8) is 0 Å². The van der Waals surface area contributed by atoms with Crippen LogP contribution in [0.1, 0.15) is 0 Å². The molecule has 0 fully saturated rings. The highest BCUT2D eigenvalue weighted by atomic mass is 16.6. The molecule has 0 radical (unpaired) electrons. The van der Waals surface area contributed by atoms with Gasteiger partial charge in [0.15, 0.2) is 17.6 Å². The van der Waals surface area contributed by atoms with Crippen LogP contribution in [0.15, 0.2) is 70.0 Å². The number of pyridine rings is 1. The standard InChI is InChI=1S/C21H16N2O4/c22-20-19-15(14-5-1-2-6-16(14)27-21(19)24)9-10-23(20)11-13-12-25-17-7-3-4-8-18(17)26-13/h1-10,13,22H,11-12H2. The Hall–Kier alpha value is -3.54. The second kappa shape index (κ2) is 6.02. The molecule has 0 saturated heterocycles. The van der Waals surface area contributed by atoms with Gasteiger partial charge in [0.2, 0.25) is 0 Å². The summed E-state index contributed by atoms with van der Waals surface area (Å²) >= 11 is 0. The summed E-state index contributed by atoms with van der Waals surface area (Å²) in [5.74, 6) is 1.41. The first-order valence-corrected chi connectivity index (χ1v) is 8.69. The molecule has 6 heteroatoms. The normalized spacial score (nSPS) is 15.9. The molecule has 4 aromatic rings. The Labute approximate surface area is 153 Å². The predicted octanol–water partition coefficient (Wildman–Crippen LogP) is 3.07. The molecule has 1 aliphatic heterocycles. The molecular formula is C21H16N2O4. The lowest BCUT2D eigenvalue weighted by molar-refractivity contribution is 0.0776. The second-order valence-electron chi connectivity index (χ2n) is 6.49. The molecule has 1 unspecified atom stereocenters. The first-order valence-electron chi connectivity index (χ1n) is 8.69. The average molecular weight is 360 g/mol. The number of benzene rings is 2. The molecule has 1 aliphatic rings. The molecule has 3 heterocycles. The topological polar surface area (TPSA) is 77.5 Å². The van der Waals surface area contributed by atoms with Crippen molar-refractivity contribution in [2.75, 3.05) is 6.61 Å². The Balaban J connectivity index is 1.56. The van der Waals surface area contributed by atoms with Gasteiger partial charge in [-0.25, -0.2) is 4.79 Å². The second-order valence-corrected chi connectivity index (χ2v) is 6.49. The van der Waals surface area contributed by atoms with E-state index < -0.39 is 5.63 Å². The zero-order valence-corrected chi connectivity index (χ0v) is 14.3. The van der Waals surface area contributed by atoms with E-state index in [1.165, 1.54) is 0 Å². The first kappa shape index (κ1) is 15.7. The van der Waals surface area contributed by atoms with E-state index in [-0.39, 0.29) is 17.0 Å². The Morgan fingerprint density at radius 2 is 1.78 bits per heavy atom. The maximum atomic E-state index is 12.5. The van der Waals surface area contributed by atoms with Crippen molar-refractivity contribution in [3.05, 3.63) is 76.7 Å². The van der Waals surface area contributed by atoms with Crippen LogP contribution in [0.4, 0.5) is 0 Å². The van der Waals surface area contributed by atoms with Crippen molar-refractivity contribution in [2.24, 2.45) is 0 Å². The highest BCUT2D eigenvalue weighted by Gasteiger charge is 2.21. The summed E-state index contributed by atoms with van der Waals surface area (Å²) in [5, 5.41) is 10.3. The van der Waals surface area contributed by atoms with Crippen LogP contribution in [-0.2, 0) is 6.54 Å². The van der Waals surface area contributed by atoms with Gasteiger partial charge in [-0.3, -0.25) is 5.41 Å². The summed E-state index contributed by atoms with van der Waals surface area (Å²) in [5.41, 5.74) is 0.122. The van der Waals surface area contributed by atoms with Gasteiger partial charge in [-0.1, -0.05) is 30.3 Å². The highest BCUT2D eigenvalue weighted by Crippen LogP contribution is 2.31. The predicted molar refractivity (Wildman–Crippen MR) is 100 cm³/mol. The Morgan fingerprint density at radius 1 is 1.00 bits per heavy atom. The maximum Gasteiger partial charge on any atom is 0.347 e. The quantitative estimate of drug-likeness (QED) is 0.440. The van der Waals surface area contributed by atoms with Crippen LogP contribution in [0.5, 0.6) is 11.5 Å². The third kappa shape index (κ3) is 2.57. The lowest BCUT2D eigenvalue weighted by Gasteiger charge is -2.27. The van der Waals surface area contributed by atoms with Gasteiger partial charge in [0.05, 0.1) is 6.54 Å². The van der Waals surface area contributed by atoms with Crippen molar-refractivity contribution in [1.82, 2.24) is 4.57 Å². The minimum Gasteiger partial charge on any atom is -0.486 e. The summed E-state index contributed by atoms with van der Waals surface area (Å²) < 4.78 is 18.8. The highest BCUT2D eigenvalue weighted by molar-refractivity contribution is 6.03. The summed E-state index contributed by atoms with van der Waals surface area (Å²) in [6.07, 6.45) is 1.55. The number of hydrogen-bond donors (Lipinski definition) is 1. The number of hydrogen-bond acceptors (Lipinski definition) is 5. The number of aromatic nitrogens is 1. The fourth-order valence-electron chi connectivity index (χ4n) is 3.48. The van der Waals surface area contributed by atoms with Crippen LogP contribution in [-0.4, -0.2) is 17.3 Å². The van der Waals surface area contributed by atoms with Crippen LogP contribution in [0, 0.1) is 5.41 Å². The van der Waals surface area contributed by atoms with Crippen molar-refractivity contribution in [2.45, 2.75) is 12.6 Å². The van der Waals surface area contributed by atoms with Gasteiger partial charge in [0.1, 0.15) is 23.1 Å². The van der Waals surface area contributed by atoms with E-state index >= 15 is 0 Å². The zero-order valence-electron chi connectivity index (χ0n) is 14.3. The van der Waals surface area contributed by atoms with Crippen LogP contribution >= 0.6 is 0 Å². The molecule has 2 aromatic heterocycles. The Kier molecular flexibility index (Phi) is 3.50. The number of nitrogens with one attached hydrogen (secondary N) is 1. The number of nitrogens with zero attached hydrogens (tertiary/aromatic N) is 1. The van der Waals surface area contributed by atoms with E-state index in [2.05, 4.69) is 0 Å². The zero-order chi connectivity index (χ0) is 18.4. The van der Waals surface area contributed by atoms with Gasteiger partial charge in [-0.2, -0.15) is 0 Å². The van der Waals surface area contributed by atoms with Gasteiger partial charge in [0.25, 0.3) is 0 Å². The number of fused-ring (bicyclic) bond motifs is 4. The molecular weight excluding hydrogens is 344 g/mol. The Bertz CT molecular complexity index is 1290. The van der Waals surface area contributed by atoms with Crippen molar-refractivity contribution in [3.8, 4) is 11.5 Å². The molecule has 5 rings (SSSR count). The van der Waals surface area contributed by atoms with E-state index in [0.29, 0.717) is 29.9 Å². The summed E-state index contributed by atoms with van der Waals surface area (Å²) in [6, 6.07) is 16.7. The van der Waals surface area contributed by atoms with Gasteiger partial charge < -0.3 is 18.5 Å². The molecule has 0 saturated carbocycles.